The van der Waals surface area contributed by atoms with E-state index in [9.17, 15) is 0 Å². The fraction of sp³-hybridized carbons (Fsp3) is 0.833. The molecule has 0 bridgehead atoms. The smallest absolute Gasteiger partial charge is 0.398 e. The minimum Gasteiger partial charge on any atom is -0.398 e. The van der Waals surface area contributed by atoms with Crippen molar-refractivity contribution in [2.75, 3.05) is 0 Å². The van der Waals surface area contributed by atoms with E-state index >= 15 is 0 Å². The molecule has 0 amide bonds. The van der Waals surface area contributed by atoms with E-state index in [-0.39, 0.29) is 18.3 Å². The van der Waals surface area contributed by atoms with Gasteiger partial charge in [0.05, 0.1) is 16.9 Å². The van der Waals surface area contributed by atoms with E-state index in [0.717, 1.165) is 11.3 Å². The minimum absolute atomic E-state index is 0.323. The molecule has 1 saturated heterocycles. The van der Waals surface area contributed by atoms with Crippen LogP contribution in [0.2, 0.25) is 0 Å². The summed E-state index contributed by atoms with van der Waals surface area (Å²) in [6.45, 7) is 8.22. The van der Waals surface area contributed by atoms with Crippen LogP contribution in [0.15, 0.2) is 0 Å². The summed E-state index contributed by atoms with van der Waals surface area (Å²) in [5, 5.41) is 8.90. The largest absolute Gasteiger partial charge is 0.518 e. The van der Waals surface area contributed by atoms with Crippen LogP contribution in [-0.2, 0) is 16.4 Å². The van der Waals surface area contributed by atoms with Gasteiger partial charge in [0.15, 0.2) is 0 Å². The zero-order valence-electron chi connectivity index (χ0n) is 11.7. The molecule has 2 fully saturated rings. The lowest BCUT2D eigenvalue weighted by atomic mass is 9.82. The van der Waals surface area contributed by atoms with Crippen LogP contribution in [0.25, 0.3) is 0 Å². The summed E-state index contributed by atoms with van der Waals surface area (Å²) < 4.78 is 12.1. The Labute approximate surface area is 108 Å². The number of nitrogens with zero attached hydrogens (tertiary/aromatic N) is 3. The average molecular weight is 249 g/mol. The molecule has 0 aromatic carbocycles. The Morgan fingerprint density at radius 3 is 2.17 bits per heavy atom. The van der Waals surface area contributed by atoms with Crippen molar-refractivity contribution in [3.8, 4) is 0 Å². The third-order valence-corrected chi connectivity index (χ3v) is 4.21. The summed E-state index contributed by atoms with van der Waals surface area (Å²) in [4.78, 5) is 1.62. The molecule has 0 radical (unpaired) electrons. The highest BCUT2D eigenvalue weighted by Gasteiger charge is 2.54. The molecule has 1 aliphatic heterocycles. The van der Waals surface area contributed by atoms with Crippen molar-refractivity contribution in [3.63, 3.8) is 0 Å². The summed E-state index contributed by atoms with van der Waals surface area (Å²) in [6, 6.07) is 0. The molecule has 5 nitrogen and oxygen atoms in total. The summed E-state index contributed by atoms with van der Waals surface area (Å²) in [5.41, 5.74) is 1.26. The highest BCUT2D eigenvalue weighted by molar-refractivity contribution is 6.61. The second-order valence-electron chi connectivity index (χ2n) is 6.32. The van der Waals surface area contributed by atoms with E-state index in [1.54, 1.807) is 4.80 Å². The first kappa shape index (κ1) is 12.2. The van der Waals surface area contributed by atoms with E-state index in [0.29, 0.717) is 5.92 Å². The third-order valence-electron chi connectivity index (χ3n) is 4.21. The second kappa shape index (κ2) is 3.57. The predicted molar refractivity (Wildman–Crippen MR) is 68.7 cm³/mol. The Morgan fingerprint density at radius 2 is 1.67 bits per heavy atom. The number of rotatable bonds is 2. The van der Waals surface area contributed by atoms with Gasteiger partial charge >= 0.3 is 7.12 Å². The summed E-state index contributed by atoms with van der Waals surface area (Å²) in [5.74, 6) is 0.549. The Morgan fingerprint density at radius 1 is 1.11 bits per heavy atom. The van der Waals surface area contributed by atoms with Gasteiger partial charge in [0, 0.05) is 13.0 Å². The molecule has 1 saturated carbocycles. The zero-order chi connectivity index (χ0) is 13.1. The van der Waals surface area contributed by atoms with Crippen molar-refractivity contribution in [1.82, 2.24) is 15.0 Å². The Kier molecular flexibility index (Phi) is 2.42. The van der Waals surface area contributed by atoms with Gasteiger partial charge in [-0.3, -0.25) is 0 Å². The van der Waals surface area contributed by atoms with Gasteiger partial charge in [-0.25, -0.2) is 0 Å². The first-order valence-electron chi connectivity index (χ1n) is 6.57. The third kappa shape index (κ3) is 1.78. The molecular weight excluding hydrogens is 229 g/mol. The predicted octanol–water partition coefficient (Wildman–Crippen LogP) is 0.992. The second-order valence-corrected chi connectivity index (χ2v) is 6.32. The normalized spacial score (nSPS) is 25.7. The van der Waals surface area contributed by atoms with Gasteiger partial charge in [-0.1, -0.05) is 0 Å². The van der Waals surface area contributed by atoms with Crippen molar-refractivity contribution in [3.05, 3.63) is 5.69 Å². The lowest BCUT2D eigenvalue weighted by Gasteiger charge is -2.32. The summed E-state index contributed by atoms with van der Waals surface area (Å²) >= 11 is 0. The number of hydrogen-bond donors (Lipinski definition) is 0. The standard InChI is InChI=1S/C12H20BN3O2/c1-11(2)12(3,4)18-13(17-11)10-9(8-6-7-8)14-16(5)15-10/h8H,6-7H2,1-5H3. The van der Waals surface area contributed by atoms with Crippen molar-refractivity contribution >= 4 is 12.7 Å². The van der Waals surface area contributed by atoms with E-state index in [2.05, 4.69) is 37.9 Å². The van der Waals surface area contributed by atoms with Crippen LogP contribution >= 0.6 is 0 Å². The molecule has 0 N–H and O–H groups in total. The minimum atomic E-state index is -0.390. The average Bonchev–Trinajstić information content (AvgIpc) is 2.95. The van der Waals surface area contributed by atoms with Gasteiger partial charge in [0.25, 0.3) is 0 Å². The molecule has 0 unspecified atom stereocenters. The summed E-state index contributed by atoms with van der Waals surface area (Å²) in [7, 11) is 1.46. The molecule has 1 aliphatic carbocycles. The quantitative estimate of drug-likeness (QED) is 0.733. The van der Waals surface area contributed by atoms with E-state index in [1.165, 1.54) is 12.8 Å². The lowest BCUT2D eigenvalue weighted by Crippen LogP contribution is -2.41. The maximum absolute atomic E-state index is 6.04. The molecule has 1 aromatic heterocycles. The number of aryl methyl sites for hydroxylation is 1. The molecule has 3 rings (SSSR count). The van der Waals surface area contributed by atoms with E-state index in [4.69, 9.17) is 9.31 Å². The zero-order valence-corrected chi connectivity index (χ0v) is 11.7. The van der Waals surface area contributed by atoms with Gasteiger partial charge in [-0.15, -0.1) is 0 Å². The topological polar surface area (TPSA) is 49.2 Å². The van der Waals surface area contributed by atoms with Crippen LogP contribution in [0.5, 0.6) is 0 Å². The number of aromatic nitrogens is 3. The molecule has 6 heteroatoms. The molecule has 18 heavy (non-hydrogen) atoms. The Bertz CT molecular complexity index is 464. The maximum atomic E-state index is 6.04. The van der Waals surface area contributed by atoms with Crippen molar-refractivity contribution in [2.45, 2.75) is 57.7 Å². The van der Waals surface area contributed by atoms with Gasteiger partial charge < -0.3 is 9.31 Å². The molecule has 98 valence electrons. The Hall–Kier alpha value is -0.875. The number of hydrogen-bond acceptors (Lipinski definition) is 4. The maximum Gasteiger partial charge on any atom is 0.518 e. The van der Waals surface area contributed by atoms with Crippen molar-refractivity contribution < 1.29 is 9.31 Å². The van der Waals surface area contributed by atoms with Gasteiger partial charge in [0.1, 0.15) is 5.59 Å². The highest BCUT2D eigenvalue weighted by atomic mass is 16.7. The van der Waals surface area contributed by atoms with E-state index in [1.807, 2.05) is 7.05 Å². The van der Waals surface area contributed by atoms with Crippen molar-refractivity contribution in [2.24, 2.45) is 7.05 Å². The monoisotopic (exact) mass is 249 g/mol. The molecular formula is C12H20BN3O2. The fourth-order valence-corrected chi connectivity index (χ4v) is 2.21. The van der Waals surface area contributed by atoms with Crippen LogP contribution in [-0.4, -0.2) is 33.3 Å². The van der Waals surface area contributed by atoms with Crippen LogP contribution in [0.1, 0.15) is 52.1 Å². The molecule has 2 heterocycles. The van der Waals surface area contributed by atoms with Crippen LogP contribution in [0.4, 0.5) is 0 Å². The first-order valence-corrected chi connectivity index (χ1v) is 6.57. The fourth-order valence-electron chi connectivity index (χ4n) is 2.21. The van der Waals surface area contributed by atoms with Gasteiger partial charge in [-0.2, -0.15) is 15.0 Å². The first-order chi connectivity index (χ1) is 8.30. The lowest BCUT2D eigenvalue weighted by molar-refractivity contribution is 0.00578. The molecule has 0 atom stereocenters. The van der Waals surface area contributed by atoms with Crippen molar-refractivity contribution in [1.29, 1.82) is 0 Å². The highest BCUT2D eigenvalue weighted by Crippen LogP contribution is 2.40. The molecule has 2 aliphatic rings. The summed E-state index contributed by atoms with van der Waals surface area (Å²) in [6.07, 6.45) is 2.40. The van der Waals surface area contributed by atoms with Crippen LogP contribution in [0.3, 0.4) is 0 Å². The van der Waals surface area contributed by atoms with Gasteiger partial charge in [0.2, 0.25) is 0 Å². The van der Waals surface area contributed by atoms with E-state index < -0.39 is 0 Å². The van der Waals surface area contributed by atoms with Gasteiger partial charge in [-0.05, 0) is 40.5 Å². The van der Waals surface area contributed by atoms with Crippen LogP contribution in [0, 0.1) is 0 Å². The SMILES string of the molecule is Cn1nc(B2OC(C)(C)C(C)(C)O2)c(C2CC2)n1. The molecule has 0 spiro atoms. The Balaban J connectivity index is 1.93. The molecule has 1 aromatic rings. The van der Waals surface area contributed by atoms with Crippen LogP contribution < -0.4 is 5.59 Å².